The van der Waals surface area contributed by atoms with Crippen LogP contribution in [0.4, 0.5) is 11.8 Å². The zero-order chi connectivity index (χ0) is 27.9. The number of halogens is 1. The summed E-state index contributed by atoms with van der Waals surface area (Å²) < 4.78 is 9.96. The number of likely N-dealkylation sites (tertiary alicyclic amines) is 1. The summed E-state index contributed by atoms with van der Waals surface area (Å²) in [5, 5.41) is 22.5. The van der Waals surface area contributed by atoms with Crippen LogP contribution in [0.25, 0.3) is 11.2 Å². The fourth-order valence-corrected chi connectivity index (χ4v) is 5.02. The van der Waals surface area contributed by atoms with Crippen molar-refractivity contribution in [1.29, 1.82) is 5.41 Å². The molecule has 0 unspecified atom stereocenters. The zero-order valence-corrected chi connectivity index (χ0v) is 23.8. The summed E-state index contributed by atoms with van der Waals surface area (Å²) in [7, 11) is 5.78. The van der Waals surface area contributed by atoms with Crippen molar-refractivity contribution in [2.75, 3.05) is 32.5 Å². The van der Waals surface area contributed by atoms with E-state index in [1.165, 1.54) is 11.9 Å². The zero-order valence-electron chi connectivity index (χ0n) is 23.0. The molecule has 0 spiro atoms. The Balaban J connectivity index is 1.45. The summed E-state index contributed by atoms with van der Waals surface area (Å²) in [5.41, 5.74) is 2.68. The first-order valence-electron chi connectivity index (χ1n) is 12.8. The van der Waals surface area contributed by atoms with E-state index in [1.807, 2.05) is 11.6 Å². The Bertz CT molecular complexity index is 1510. The minimum atomic E-state index is -0.0685. The first kappa shape index (κ1) is 26.7. The number of likely N-dealkylation sites (N-methyl/N-ethyl adjacent to an activating group) is 1. The number of aromatic nitrogens is 5. The van der Waals surface area contributed by atoms with E-state index in [-0.39, 0.29) is 11.2 Å². The average Bonchev–Trinajstić information content (AvgIpc) is 3.61. The van der Waals surface area contributed by atoms with Gasteiger partial charge in [0, 0.05) is 44.0 Å². The minimum absolute atomic E-state index is 0.0685. The number of pyridine rings is 1. The topological polar surface area (TPSA) is 133 Å². The molecule has 2 aliphatic heterocycles. The standard InChI is InChI=1S/C26H34ClN11O/c1-26(2,3)19-9-20(35-38(19)15-7-8-36(5)14-15)33-25-34-24-23(37(25)6)22(27)18(12-32-24)39-17(10-28)16-11-31-21(29-4)13-30-16/h9-13,15,28-30H,7-8,14H2,1-6H3,(H,32,33,34,35)/b17-16+,28-10?/t15-/m1/s1. The highest BCUT2D eigenvalue weighted by atomic mass is 35.5. The van der Waals surface area contributed by atoms with Gasteiger partial charge in [-0.3, -0.25) is 4.68 Å². The maximum absolute atomic E-state index is 7.83. The second-order valence-corrected chi connectivity index (χ2v) is 11.1. The molecule has 13 heteroatoms. The molecule has 4 N–H and O–H groups in total. The minimum Gasteiger partial charge on any atom is -0.450 e. The summed E-state index contributed by atoms with van der Waals surface area (Å²) in [4.78, 5) is 15.7. The summed E-state index contributed by atoms with van der Waals surface area (Å²) in [5.74, 6) is 2.48. The molecule has 0 bridgehead atoms. The maximum Gasteiger partial charge on any atom is 0.210 e. The summed E-state index contributed by atoms with van der Waals surface area (Å²) in [6.45, 7) is 8.63. The molecule has 0 radical (unpaired) electrons. The summed E-state index contributed by atoms with van der Waals surface area (Å²) >= 11 is 6.79. The molecule has 39 heavy (non-hydrogen) atoms. The normalized spacial score (nSPS) is 19.2. The van der Waals surface area contributed by atoms with E-state index in [2.05, 4.69) is 74.4 Å². The second kappa shape index (κ2) is 10.3. The Morgan fingerprint density at radius 3 is 2.72 bits per heavy atom. The van der Waals surface area contributed by atoms with Crippen molar-refractivity contribution >= 4 is 47.0 Å². The van der Waals surface area contributed by atoms with Crippen LogP contribution in [0.15, 0.2) is 40.7 Å². The Kier molecular flexibility index (Phi) is 7.08. The fourth-order valence-electron chi connectivity index (χ4n) is 4.72. The summed E-state index contributed by atoms with van der Waals surface area (Å²) in [6, 6.07) is 2.42. The van der Waals surface area contributed by atoms with E-state index in [0.29, 0.717) is 51.3 Å². The molecule has 5 heterocycles. The van der Waals surface area contributed by atoms with Gasteiger partial charge in [-0.1, -0.05) is 32.4 Å². The Morgan fingerprint density at radius 1 is 1.31 bits per heavy atom. The molecule has 5 rings (SSSR count). The molecular formula is C26H34ClN11O. The van der Waals surface area contributed by atoms with Gasteiger partial charge in [-0.25, -0.2) is 9.98 Å². The Morgan fingerprint density at radius 2 is 2.10 bits per heavy atom. The highest BCUT2D eigenvalue weighted by Gasteiger charge is 2.29. The third-order valence-corrected chi connectivity index (χ3v) is 7.20. The van der Waals surface area contributed by atoms with Crippen LogP contribution < -0.4 is 20.7 Å². The number of allylic oxidation sites excluding steroid dienone is 2. The number of nitrogens with one attached hydrogen (secondary N) is 4. The van der Waals surface area contributed by atoms with Gasteiger partial charge in [0.05, 0.1) is 24.7 Å². The monoisotopic (exact) mass is 551 g/mol. The third kappa shape index (κ3) is 5.21. The number of rotatable bonds is 7. The van der Waals surface area contributed by atoms with E-state index < -0.39 is 0 Å². The number of aliphatic imine (C=N–C) groups is 1. The van der Waals surface area contributed by atoms with Gasteiger partial charge < -0.3 is 35.6 Å². The largest absolute Gasteiger partial charge is 0.450 e. The Hall–Kier alpha value is -3.90. The lowest BCUT2D eigenvalue weighted by Gasteiger charge is -2.23. The average molecular weight is 552 g/mol. The van der Waals surface area contributed by atoms with E-state index in [4.69, 9.17) is 26.8 Å². The van der Waals surface area contributed by atoms with Crippen LogP contribution in [0, 0.1) is 5.41 Å². The molecule has 2 aliphatic rings. The van der Waals surface area contributed by atoms with Gasteiger partial charge in [0.15, 0.2) is 23.0 Å². The number of nitrogens with zero attached hydrogens (tertiary/aromatic N) is 7. The number of aryl methyl sites for hydroxylation is 1. The van der Waals surface area contributed by atoms with Gasteiger partial charge in [-0.05, 0) is 20.0 Å². The van der Waals surface area contributed by atoms with Crippen molar-refractivity contribution in [3.8, 4) is 5.75 Å². The molecule has 3 aromatic rings. The van der Waals surface area contributed by atoms with Crippen LogP contribution in [-0.4, -0.2) is 68.8 Å². The fraction of sp³-hybridized carbons (Fsp3) is 0.423. The van der Waals surface area contributed by atoms with Crippen molar-refractivity contribution in [2.45, 2.75) is 38.6 Å². The third-order valence-electron chi connectivity index (χ3n) is 6.83. The smallest absolute Gasteiger partial charge is 0.210 e. The van der Waals surface area contributed by atoms with Crippen molar-refractivity contribution in [1.82, 2.24) is 39.8 Å². The van der Waals surface area contributed by atoms with E-state index >= 15 is 0 Å². The van der Waals surface area contributed by atoms with Gasteiger partial charge in [0.25, 0.3) is 0 Å². The molecule has 3 aromatic heterocycles. The second-order valence-electron chi connectivity index (χ2n) is 10.7. The number of ether oxygens (including phenoxy) is 1. The number of imidazole rings is 1. The lowest BCUT2D eigenvalue weighted by molar-refractivity contribution is 0.366. The highest BCUT2D eigenvalue weighted by molar-refractivity contribution is 6.36. The van der Waals surface area contributed by atoms with Crippen LogP contribution >= 0.6 is 11.6 Å². The first-order chi connectivity index (χ1) is 18.6. The molecule has 1 atom stereocenters. The summed E-state index contributed by atoms with van der Waals surface area (Å²) in [6.07, 6.45) is 6.92. The quantitative estimate of drug-likeness (QED) is 0.258. The first-order valence-corrected chi connectivity index (χ1v) is 13.1. The Labute approximate surface area is 232 Å². The molecular weight excluding hydrogens is 518 g/mol. The van der Waals surface area contributed by atoms with E-state index in [0.717, 1.165) is 25.7 Å². The molecule has 12 nitrogen and oxygen atoms in total. The van der Waals surface area contributed by atoms with Gasteiger partial charge in [0.1, 0.15) is 22.1 Å². The lowest BCUT2D eigenvalue weighted by atomic mass is 9.91. The van der Waals surface area contributed by atoms with Crippen molar-refractivity contribution in [3.05, 3.63) is 46.5 Å². The molecule has 0 aromatic carbocycles. The van der Waals surface area contributed by atoms with E-state index in [1.54, 1.807) is 19.5 Å². The van der Waals surface area contributed by atoms with Crippen molar-refractivity contribution < 1.29 is 4.74 Å². The van der Waals surface area contributed by atoms with Gasteiger partial charge in [0.2, 0.25) is 5.95 Å². The predicted octanol–water partition coefficient (Wildman–Crippen LogP) is 3.67. The molecule has 206 valence electrons. The number of anilines is 2. The number of hydrogen-bond acceptors (Lipinski definition) is 10. The van der Waals surface area contributed by atoms with Gasteiger partial charge in [-0.15, -0.1) is 0 Å². The van der Waals surface area contributed by atoms with Crippen molar-refractivity contribution in [2.24, 2.45) is 12.0 Å². The molecule has 0 aliphatic carbocycles. The van der Waals surface area contributed by atoms with Crippen molar-refractivity contribution in [3.63, 3.8) is 0 Å². The van der Waals surface area contributed by atoms with E-state index in [9.17, 15) is 0 Å². The van der Waals surface area contributed by atoms with Crippen LogP contribution in [0.3, 0.4) is 0 Å². The number of hydrogen-bond donors (Lipinski definition) is 4. The molecule has 0 saturated carbocycles. The van der Waals surface area contributed by atoms with Crippen LogP contribution in [0.1, 0.15) is 38.9 Å². The van der Waals surface area contributed by atoms with Crippen LogP contribution in [0.5, 0.6) is 5.75 Å². The number of fused-ring (bicyclic) bond motifs is 1. The molecule has 1 fully saturated rings. The lowest BCUT2D eigenvalue weighted by Crippen LogP contribution is -2.24. The molecule has 1 saturated heterocycles. The SMILES string of the molecule is CNC1=CN/C(=C(\C=N)Oc2cnc3nc(Nc4cc(C(C)(C)C)n([C@@H]5CCN(C)C5)n4)n(C)c3c2Cl)C=N1. The maximum atomic E-state index is 7.83. The highest BCUT2D eigenvalue weighted by Crippen LogP contribution is 2.35. The molecule has 0 amide bonds. The van der Waals surface area contributed by atoms with Gasteiger partial charge >= 0.3 is 0 Å². The predicted molar refractivity (Wildman–Crippen MR) is 154 cm³/mol. The van der Waals surface area contributed by atoms with Crippen LogP contribution in [-0.2, 0) is 12.5 Å². The van der Waals surface area contributed by atoms with Crippen LogP contribution in [0.2, 0.25) is 5.02 Å². The van der Waals surface area contributed by atoms with Gasteiger partial charge in [-0.2, -0.15) is 10.1 Å².